The van der Waals surface area contributed by atoms with Crippen LogP contribution < -0.4 is 5.32 Å². The van der Waals surface area contributed by atoms with Gasteiger partial charge in [-0.25, -0.2) is 0 Å². The Morgan fingerprint density at radius 3 is 3.00 bits per heavy atom. The van der Waals surface area contributed by atoms with Crippen LogP contribution in [0.1, 0.15) is 31.0 Å². The second kappa shape index (κ2) is 3.46. The average molecular weight is 180 g/mol. The molecule has 1 aliphatic rings. The molecular formula is C9H16N4. The Morgan fingerprint density at radius 2 is 2.38 bits per heavy atom. The van der Waals surface area contributed by atoms with E-state index in [0.29, 0.717) is 12.0 Å². The van der Waals surface area contributed by atoms with E-state index in [1.165, 1.54) is 19.3 Å². The molecule has 13 heavy (non-hydrogen) atoms. The topological polar surface area (TPSA) is 42.7 Å². The Labute approximate surface area is 78.4 Å². The molecule has 1 fully saturated rings. The first-order valence-corrected chi connectivity index (χ1v) is 4.84. The highest BCUT2D eigenvalue weighted by atomic mass is 15.3. The lowest BCUT2D eigenvalue weighted by Gasteiger charge is -2.17. The van der Waals surface area contributed by atoms with Crippen molar-refractivity contribution in [3.63, 3.8) is 0 Å². The molecule has 0 bridgehead atoms. The molecule has 1 aromatic rings. The third-order valence-corrected chi connectivity index (χ3v) is 2.96. The molecule has 1 heterocycles. The van der Waals surface area contributed by atoms with E-state index in [2.05, 4.69) is 15.5 Å². The van der Waals surface area contributed by atoms with Gasteiger partial charge in [0.25, 0.3) is 0 Å². The Morgan fingerprint density at radius 1 is 1.54 bits per heavy atom. The molecule has 1 aliphatic carbocycles. The summed E-state index contributed by atoms with van der Waals surface area (Å²) in [7, 11) is 4.04. The van der Waals surface area contributed by atoms with Crippen LogP contribution in [0, 0.1) is 0 Å². The van der Waals surface area contributed by atoms with Crippen LogP contribution in [-0.2, 0) is 7.05 Å². The molecule has 1 N–H and O–H groups in total. The van der Waals surface area contributed by atoms with Crippen molar-refractivity contribution in [3.8, 4) is 0 Å². The van der Waals surface area contributed by atoms with Crippen molar-refractivity contribution in [2.24, 2.45) is 7.05 Å². The quantitative estimate of drug-likeness (QED) is 0.727. The first kappa shape index (κ1) is 8.69. The van der Waals surface area contributed by atoms with Crippen molar-refractivity contribution < 1.29 is 0 Å². The molecule has 4 nitrogen and oxygen atoms in total. The Balaban J connectivity index is 2.20. The molecule has 0 aliphatic heterocycles. The summed E-state index contributed by atoms with van der Waals surface area (Å²) in [4.78, 5) is 0. The number of likely N-dealkylation sites (N-methyl/N-ethyl adjacent to an activating group) is 1. The highest BCUT2D eigenvalue weighted by molar-refractivity contribution is 5.04. The van der Waals surface area contributed by atoms with Crippen LogP contribution in [0.15, 0.2) is 6.33 Å². The lowest BCUT2D eigenvalue weighted by molar-refractivity contribution is 0.492. The van der Waals surface area contributed by atoms with Crippen LogP contribution in [0.25, 0.3) is 0 Å². The SMILES string of the molecule is CNC1CCCC1c1nncn1C. The van der Waals surface area contributed by atoms with Gasteiger partial charge in [-0.15, -0.1) is 10.2 Å². The fourth-order valence-electron chi connectivity index (χ4n) is 2.24. The van der Waals surface area contributed by atoms with Crippen LogP contribution in [-0.4, -0.2) is 27.9 Å². The highest BCUT2D eigenvalue weighted by Gasteiger charge is 2.30. The third kappa shape index (κ3) is 1.46. The number of aryl methyl sites for hydroxylation is 1. The smallest absolute Gasteiger partial charge is 0.137 e. The zero-order valence-electron chi connectivity index (χ0n) is 8.20. The van der Waals surface area contributed by atoms with Gasteiger partial charge in [0, 0.05) is 19.0 Å². The van der Waals surface area contributed by atoms with Crippen LogP contribution in [0.3, 0.4) is 0 Å². The molecule has 0 aromatic carbocycles. The first-order chi connectivity index (χ1) is 6.33. The van der Waals surface area contributed by atoms with E-state index in [0.717, 1.165) is 5.82 Å². The molecule has 4 heteroatoms. The second-order valence-electron chi connectivity index (χ2n) is 3.73. The summed E-state index contributed by atoms with van der Waals surface area (Å²) in [5.41, 5.74) is 0. The molecular weight excluding hydrogens is 164 g/mol. The molecule has 1 aromatic heterocycles. The van der Waals surface area contributed by atoms with Crippen LogP contribution in [0.4, 0.5) is 0 Å². The lowest BCUT2D eigenvalue weighted by Crippen LogP contribution is -2.28. The van der Waals surface area contributed by atoms with Gasteiger partial charge in [-0.2, -0.15) is 0 Å². The predicted molar refractivity (Wildman–Crippen MR) is 50.4 cm³/mol. The molecule has 0 radical (unpaired) electrons. The minimum atomic E-state index is 0.553. The van der Waals surface area contributed by atoms with Gasteiger partial charge in [-0.1, -0.05) is 6.42 Å². The third-order valence-electron chi connectivity index (χ3n) is 2.96. The van der Waals surface area contributed by atoms with Gasteiger partial charge in [-0.3, -0.25) is 0 Å². The van der Waals surface area contributed by atoms with Crippen molar-refractivity contribution in [2.45, 2.75) is 31.2 Å². The van der Waals surface area contributed by atoms with E-state index in [9.17, 15) is 0 Å². The standard InChI is InChI=1S/C9H16N4/c1-10-8-5-3-4-7(8)9-12-11-6-13(9)2/h6-8,10H,3-5H2,1-2H3. The molecule has 2 rings (SSSR count). The molecule has 0 amide bonds. The number of nitrogens with zero attached hydrogens (tertiary/aromatic N) is 3. The summed E-state index contributed by atoms with van der Waals surface area (Å²) in [5, 5.41) is 11.4. The molecule has 72 valence electrons. The number of aromatic nitrogens is 3. The van der Waals surface area contributed by atoms with Crippen LogP contribution >= 0.6 is 0 Å². The predicted octanol–water partition coefficient (Wildman–Crippen LogP) is 0.671. The lowest BCUT2D eigenvalue weighted by atomic mass is 10.0. The van der Waals surface area contributed by atoms with E-state index in [4.69, 9.17) is 0 Å². The van der Waals surface area contributed by atoms with Gasteiger partial charge in [0.15, 0.2) is 0 Å². The molecule has 2 unspecified atom stereocenters. The van der Waals surface area contributed by atoms with E-state index in [1.54, 1.807) is 6.33 Å². The number of rotatable bonds is 2. The van der Waals surface area contributed by atoms with Crippen molar-refractivity contribution >= 4 is 0 Å². The average Bonchev–Trinajstić information content (AvgIpc) is 2.71. The van der Waals surface area contributed by atoms with E-state index in [1.807, 2.05) is 18.7 Å². The number of hydrogen-bond donors (Lipinski definition) is 1. The van der Waals surface area contributed by atoms with Gasteiger partial charge >= 0.3 is 0 Å². The van der Waals surface area contributed by atoms with Gasteiger partial charge in [0.1, 0.15) is 12.2 Å². The summed E-state index contributed by atoms with van der Waals surface area (Å²) in [6, 6.07) is 0.586. The summed E-state index contributed by atoms with van der Waals surface area (Å²) < 4.78 is 2.03. The Hall–Kier alpha value is -0.900. The fourth-order valence-corrected chi connectivity index (χ4v) is 2.24. The van der Waals surface area contributed by atoms with Gasteiger partial charge in [0.05, 0.1) is 0 Å². The summed E-state index contributed by atoms with van der Waals surface area (Å²) >= 11 is 0. The molecule has 2 atom stereocenters. The van der Waals surface area contributed by atoms with Crippen molar-refractivity contribution in [3.05, 3.63) is 12.2 Å². The maximum Gasteiger partial charge on any atom is 0.137 e. The molecule has 1 saturated carbocycles. The van der Waals surface area contributed by atoms with Crippen molar-refractivity contribution in [2.75, 3.05) is 7.05 Å². The largest absolute Gasteiger partial charge is 0.320 e. The fraction of sp³-hybridized carbons (Fsp3) is 0.778. The van der Waals surface area contributed by atoms with Gasteiger partial charge < -0.3 is 9.88 Å². The maximum atomic E-state index is 4.17. The minimum absolute atomic E-state index is 0.553. The van der Waals surface area contributed by atoms with Crippen molar-refractivity contribution in [1.29, 1.82) is 0 Å². The summed E-state index contributed by atoms with van der Waals surface area (Å²) in [5.74, 6) is 1.68. The van der Waals surface area contributed by atoms with Gasteiger partial charge in [0.2, 0.25) is 0 Å². The van der Waals surface area contributed by atoms with Crippen LogP contribution in [0.5, 0.6) is 0 Å². The van der Waals surface area contributed by atoms with Crippen molar-refractivity contribution in [1.82, 2.24) is 20.1 Å². The zero-order chi connectivity index (χ0) is 9.26. The van der Waals surface area contributed by atoms with E-state index < -0.39 is 0 Å². The first-order valence-electron chi connectivity index (χ1n) is 4.84. The Bertz CT molecular complexity index is 281. The second-order valence-corrected chi connectivity index (χ2v) is 3.73. The number of nitrogens with one attached hydrogen (secondary N) is 1. The number of hydrogen-bond acceptors (Lipinski definition) is 3. The Kier molecular flexibility index (Phi) is 2.31. The summed E-state index contributed by atoms with van der Waals surface area (Å²) in [6.07, 6.45) is 5.56. The molecule has 0 saturated heterocycles. The molecule has 0 spiro atoms. The monoisotopic (exact) mass is 180 g/mol. The van der Waals surface area contributed by atoms with E-state index >= 15 is 0 Å². The summed E-state index contributed by atoms with van der Waals surface area (Å²) in [6.45, 7) is 0. The minimum Gasteiger partial charge on any atom is -0.320 e. The van der Waals surface area contributed by atoms with Crippen LogP contribution in [0.2, 0.25) is 0 Å². The zero-order valence-corrected chi connectivity index (χ0v) is 8.20. The maximum absolute atomic E-state index is 4.17. The van der Waals surface area contributed by atoms with Gasteiger partial charge in [-0.05, 0) is 19.9 Å². The van der Waals surface area contributed by atoms with E-state index in [-0.39, 0.29) is 0 Å². The normalized spacial score (nSPS) is 28.2. The highest BCUT2D eigenvalue weighted by Crippen LogP contribution is 2.32.